The number of rotatable bonds is 1. The van der Waals surface area contributed by atoms with Crippen LogP contribution in [0.2, 0.25) is 0 Å². The summed E-state index contributed by atoms with van der Waals surface area (Å²) >= 11 is 1.12. The first kappa shape index (κ1) is 15.7. The number of fused-ring (bicyclic) bond motifs is 2. The highest BCUT2D eigenvalue weighted by Crippen LogP contribution is 2.47. The third kappa shape index (κ3) is 2.34. The summed E-state index contributed by atoms with van der Waals surface area (Å²) in [5.74, 6) is -0.317. The van der Waals surface area contributed by atoms with Crippen molar-refractivity contribution in [2.45, 2.75) is 25.2 Å². The molecular formula is C17H19FN4OS. The molecule has 0 N–H and O–H groups in total. The van der Waals surface area contributed by atoms with Crippen molar-refractivity contribution in [3.63, 3.8) is 0 Å². The maximum atomic E-state index is 13.9. The Balaban J connectivity index is 1.76. The quantitative estimate of drug-likeness (QED) is 0.796. The number of nitrogens with zero attached hydrogens (tertiary/aromatic N) is 4. The molecule has 2 aliphatic rings. The summed E-state index contributed by atoms with van der Waals surface area (Å²) in [6.45, 7) is 4.32. The van der Waals surface area contributed by atoms with E-state index in [1.807, 2.05) is 0 Å². The largest absolute Gasteiger partial charge is 0.306 e. The predicted octanol–water partition coefficient (Wildman–Crippen LogP) is 2.61. The molecule has 1 saturated heterocycles. The van der Waals surface area contributed by atoms with Crippen molar-refractivity contribution in [2.75, 3.05) is 31.6 Å². The predicted molar refractivity (Wildman–Crippen MR) is 91.1 cm³/mol. The molecule has 0 atom stereocenters. The minimum Gasteiger partial charge on any atom is -0.306 e. The molecule has 1 aromatic heterocycles. The van der Waals surface area contributed by atoms with Gasteiger partial charge < -0.3 is 9.80 Å². The van der Waals surface area contributed by atoms with Crippen LogP contribution in [0.3, 0.4) is 0 Å². The van der Waals surface area contributed by atoms with E-state index in [9.17, 15) is 9.18 Å². The molecule has 24 heavy (non-hydrogen) atoms. The summed E-state index contributed by atoms with van der Waals surface area (Å²) < 4.78 is 17.8. The molecule has 0 radical (unpaired) electrons. The highest BCUT2D eigenvalue weighted by molar-refractivity contribution is 7.08. The number of halogens is 1. The van der Waals surface area contributed by atoms with Gasteiger partial charge in [-0.3, -0.25) is 4.79 Å². The van der Waals surface area contributed by atoms with Gasteiger partial charge in [-0.1, -0.05) is 4.49 Å². The Morgan fingerprint density at radius 3 is 2.75 bits per heavy atom. The molecule has 2 aromatic rings. The second-order valence-electron chi connectivity index (χ2n) is 6.82. The fourth-order valence-electron chi connectivity index (χ4n) is 3.85. The zero-order chi connectivity index (χ0) is 16.9. The van der Waals surface area contributed by atoms with E-state index < -0.39 is 0 Å². The normalized spacial score (nSPS) is 19.7. The SMILES string of the molecule is Cc1nnsc1C(=O)N1CC2(CCN(C)CC2)c2cc(F)ccc21. The monoisotopic (exact) mass is 346 g/mol. The molecule has 1 amide bonds. The van der Waals surface area contributed by atoms with E-state index >= 15 is 0 Å². The lowest BCUT2D eigenvalue weighted by atomic mass is 9.74. The Kier molecular flexibility index (Phi) is 3.65. The zero-order valence-electron chi connectivity index (χ0n) is 13.8. The van der Waals surface area contributed by atoms with E-state index in [1.54, 1.807) is 24.0 Å². The lowest BCUT2D eigenvalue weighted by Crippen LogP contribution is -2.44. The van der Waals surface area contributed by atoms with Crippen molar-refractivity contribution in [3.05, 3.63) is 40.2 Å². The van der Waals surface area contributed by atoms with Crippen molar-refractivity contribution in [1.29, 1.82) is 0 Å². The number of amides is 1. The van der Waals surface area contributed by atoms with E-state index in [2.05, 4.69) is 21.5 Å². The van der Waals surface area contributed by atoms with E-state index in [-0.39, 0.29) is 17.1 Å². The second-order valence-corrected chi connectivity index (χ2v) is 7.58. The minimum absolute atomic E-state index is 0.0776. The molecule has 0 bridgehead atoms. The number of carbonyl (C=O) groups is 1. The van der Waals surface area contributed by atoms with Gasteiger partial charge in [-0.15, -0.1) is 5.10 Å². The maximum Gasteiger partial charge on any atom is 0.271 e. The number of hydrogen-bond acceptors (Lipinski definition) is 5. The van der Waals surface area contributed by atoms with Gasteiger partial charge in [-0.2, -0.15) is 0 Å². The standard InChI is InChI=1S/C17H19FN4OS/c1-11-15(24-20-19-11)16(23)22-10-17(5-7-21(2)8-6-17)13-9-12(18)3-4-14(13)22/h3-4,9H,5-8,10H2,1-2H3. The van der Waals surface area contributed by atoms with Crippen LogP contribution in [-0.2, 0) is 5.41 Å². The summed E-state index contributed by atoms with van der Waals surface area (Å²) in [7, 11) is 2.10. The average molecular weight is 346 g/mol. The van der Waals surface area contributed by atoms with Crippen LogP contribution in [0.4, 0.5) is 10.1 Å². The molecule has 3 heterocycles. The van der Waals surface area contributed by atoms with Crippen LogP contribution in [0.5, 0.6) is 0 Å². The molecule has 0 aliphatic carbocycles. The van der Waals surface area contributed by atoms with E-state index in [0.29, 0.717) is 17.1 Å². The molecule has 1 spiro atoms. The number of aryl methyl sites for hydroxylation is 1. The summed E-state index contributed by atoms with van der Waals surface area (Å²) in [6, 6.07) is 4.79. The van der Waals surface area contributed by atoms with Crippen LogP contribution >= 0.6 is 11.5 Å². The van der Waals surface area contributed by atoms with Gasteiger partial charge in [0.1, 0.15) is 10.7 Å². The first-order valence-electron chi connectivity index (χ1n) is 8.10. The van der Waals surface area contributed by atoms with Gasteiger partial charge in [0, 0.05) is 17.6 Å². The molecule has 5 nitrogen and oxygen atoms in total. The van der Waals surface area contributed by atoms with Gasteiger partial charge in [-0.25, -0.2) is 4.39 Å². The number of benzene rings is 1. The number of hydrogen-bond donors (Lipinski definition) is 0. The Bertz CT molecular complexity index is 798. The lowest BCUT2D eigenvalue weighted by Gasteiger charge is -2.38. The summed E-state index contributed by atoms with van der Waals surface area (Å²) in [5.41, 5.74) is 2.31. The molecule has 0 unspecified atom stereocenters. The lowest BCUT2D eigenvalue weighted by molar-refractivity contribution is 0.0982. The zero-order valence-corrected chi connectivity index (χ0v) is 14.6. The van der Waals surface area contributed by atoms with Crippen molar-refractivity contribution in [3.8, 4) is 0 Å². The fourth-order valence-corrected chi connectivity index (χ4v) is 4.45. The Hall–Kier alpha value is -1.86. The average Bonchev–Trinajstić information content (AvgIpc) is 3.12. The number of carbonyl (C=O) groups excluding carboxylic acids is 1. The van der Waals surface area contributed by atoms with Crippen molar-refractivity contribution < 1.29 is 9.18 Å². The Labute approximate surface area is 144 Å². The van der Waals surface area contributed by atoms with Crippen LogP contribution < -0.4 is 4.90 Å². The topological polar surface area (TPSA) is 49.3 Å². The number of likely N-dealkylation sites (tertiary alicyclic amines) is 1. The highest BCUT2D eigenvalue weighted by Gasteiger charge is 2.46. The van der Waals surface area contributed by atoms with Gasteiger partial charge in [0.15, 0.2) is 0 Å². The fraction of sp³-hybridized carbons (Fsp3) is 0.471. The number of anilines is 1. The second kappa shape index (κ2) is 5.60. The molecular weight excluding hydrogens is 327 g/mol. The number of aromatic nitrogens is 2. The first-order chi connectivity index (χ1) is 11.5. The van der Waals surface area contributed by atoms with Gasteiger partial charge in [0.2, 0.25) is 0 Å². The van der Waals surface area contributed by atoms with Gasteiger partial charge >= 0.3 is 0 Å². The van der Waals surface area contributed by atoms with Crippen LogP contribution in [0, 0.1) is 12.7 Å². The van der Waals surface area contributed by atoms with Crippen LogP contribution in [-0.4, -0.2) is 47.1 Å². The van der Waals surface area contributed by atoms with Gasteiger partial charge in [-0.05, 0) is 75.2 Å². The Morgan fingerprint density at radius 2 is 2.08 bits per heavy atom. The smallest absolute Gasteiger partial charge is 0.271 e. The third-order valence-corrected chi connectivity index (χ3v) is 6.13. The number of piperidine rings is 1. The van der Waals surface area contributed by atoms with Crippen molar-refractivity contribution >= 4 is 23.1 Å². The minimum atomic E-state index is -0.239. The van der Waals surface area contributed by atoms with E-state index in [1.165, 1.54) is 6.07 Å². The highest BCUT2D eigenvalue weighted by atomic mass is 32.1. The molecule has 4 rings (SSSR count). The van der Waals surface area contributed by atoms with Crippen LogP contribution in [0.1, 0.15) is 33.8 Å². The molecule has 2 aliphatic heterocycles. The molecule has 1 fully saturated rings. The Morgan fingerprint density at radius 1 is 1.33 bits per heavy atom. The first-order valence-corrected chi connectivity index (χ1v) is 8.87. The summed E-state index contributed by atoms with van der Waals surface area (Å²) in [4.78, 5) is 17.7. The van der Waals surface area contributed by atoms with Crippen LogP contribution in [0.15, 0.2) is 18.2 Å². The van der Waals surface area contributed by atoms with Crippen molar-refractivity contribution in [1.82, 2.24) is 14.5 Å². The summed E-state index contributed by atoms with van der Waals surface area (Å²) in [5, 5.41) is 3.95. The maximum absolute atomic E-state index is 13.9. The molecule has 7 heteroatoms. The van der Waals surface area contributed by atoms with Gasteiger partial charge in [0.05, 0.1) is 5.69 Å². The molecule has 1 aromatic carbocycles. The molecule has 0 saturated carbocycles. The van der Waals surface area contributed by atoms with Gasteiger partial charge in [0.25, 0.3) is 5.91 Å². The van der Waals surface area contributed by atoms with E-state index in [4.69, 9.17) is 0 Å². The van der Waals surface area contributed by atoms with E-state index in [0.717, 1.165) is 48.7 Å². The van der Waals surface area contributed by atoms with Crippen molar-refractivity contribution in [2.24, 2.45) is 0 Å². The molecule has 126 valence electrons. The van der Waals surface area contributed by atoms with Crippen LogP contribution in [0.25, 0.3) is 0 Å². The third-order valence-electron chi connectivity index (χ3n) is 5.32. The summed E-state index contributed by atoms with van der Waals surface area (Å²) in [6.07, 6.45) is 1.87.